The molecular weight excluding hydrogens is 242 g/mol. The molecule has 3 heteroatoms. The molecule has 1 aromatic heterocycles. The summed E-state index contributed by atoms with van der Waals surface area (Å²) in [4.78, 5) is 14.3. The van der Waals surface area contributed by atoms with Gasteiger partial charge in [-0.3, -0.25) is 4.79 Å². The summed E-state index contributed by atoms with van der Waals surface area (Å²) in [6.07, 6.45) is 3.34. The zero-order valence-electron chi connectivity index (χ0n) is 10.1. The van der Waals surface area contributed by atoms with Gasteiger partial charge in [0.2, 0.25) is 0 Å². The third kappa shape index (κ3) is 2.36. The number of nitrogens with zero attached hydrogens (tertiary/aromatic N) is 1. The Bertz CT molecular complexity index is 604. The molecule has 2 aromatic rings. The van der Waals surface area contributed by atoms with E-state index in [0.29, 0.717) is 0 Å². The quantitative estimate of drug-likeness (QED) is 0.823. The van der Waals surface area contributed by atoms with E-state index in [1.54, 1.807) is 17.8 Å². The van der Waals surface area contributed by atoms with Crippen LogP contribution in [0.4, 0.5) is 0 Å². The first-order chi connectivity index (χ1) is 8.83. The van der Waals surface area contributed by atoms with Crippen LogP contribution in [0.5, 0.6) is 0 Å². The highest BCUT2D eigenvalue weighted by atomic mass is 32.2. The van der Waals surface area contributed by atoms with Gasteiger partial charge in [0.25, 0.3) is 5.56 Å². The molecule has 0 saturated carbocycles. The van der Waals surface area contributed by atoms with Crippen LogP contribution in [0.15, 0.2) is 57.1 Å². The van der Waals surface area contributed by atoms with Crippen molar-refractivity contribution in [3.05, 3.63) is 58.5 Å². The fourth-order valence-electron chi connectivity index (χ4n) is 2.35. The summed E-state index contributed by atoms with van der Waals surface area (Å²) in [5.74, 6) is 0. The van der Waals surface area contributed by atoms with Crippen LogP contribution < -0.4 is 5.56 Å². The van der Waals surface area contributed by atoms with Gasteiger partial charge in [0, 0.05) is 28.1 Å². The largest absolute Gasteiger partial charge is 0.313 e. The molecule has 0 unspecified atom stereocenters. The van der Waals surface area contributed by atoms with Gasteiger partial charge in [-0.05, 0) is 37.5 Å². The average molecular weight is 257 g/mol. The fraction of sp³-hybridized carbons (Fsp3) is 0.267. The summed E-state index contributed by atoms with van der Waals surface area (Å²) in [5, 5.41) is 0. The van der Waals surface area contributed by atoms with Crippen LogP contribution >= 0.6 is 11.8 Å². The van der Waals surface area contributed by atoms with Crippen molar-refractivity contribution in [1.29, 1.82) is 0 Å². The van der Waals surface area contributed by atoms with Gasteiger partial charge in [-0.2, -0.15) is 0 Å². The molecule has 18 heavy (non-hydrogen) atoms. The van der Waals surface area contributed by atoms with Gasteiger partial charge in [-0.1, -0.05) is 30.0 Å². The van der Waals surface area contributed by atoms with Gasteiger partial charge in [-0.25, -0.2) is 0 Å². The Morgan fingerprint density at radius 3 is 2.67 bits per heavy atom. The van der Waals surface area contributed by atoms with Gasteiger partial charge in [0.15, 0.2) is 0 Å². The zero-order valence-corrected chi connectivity index (χ0v) is 11.0. The van der Waals surface area contributed by atoms with Crippen LogP contribution in [0.1, 0.15) is 18.5 Å². The summed E-state index contributed by atoms with van der Waals surface area (Å²) in [5.41, 5.74) is 1.33. The molecule has 0 spiro atoms. The summed E-state index contributed by atoms with van der Waals surface area (Å²) in [6, 6.07) is 14.1. The Balaban J connectivity index is 1.94. The van der Waals surface area contributed by atoms with Crippen LogP contribution in [-0.4, -0.2) is 4.57 Å². The lowest BCUT2D eigenvalue weighted by molar-refractivity contribution is 0.510. The number of hydrogen-bond donors (Lipinski definition) is 0. The normalized spacial score (nSPS) is 14.2. The third-order valence-electron chi connectivity index (χ3n) is 3.23. The van der Waals surface area contributed by atoms with Gasteiger partial charge < -0.3 is 4.57 Å². The Morgan fingerprint density at radius 2 is 1.83 bits per heavy atom. The van der Waals surface area contributed by atoms with Crippen LogP contribution in [0.2, 0.25) is 0 Å². The molecular formula is C15H15NOS. The predicted molar refractivity (Wildman–Crippen MR) is 74.2 cm³/mol. The highest BCUT2D eigenvalue weighted by Crippen LogP contribution is 2.27. The molecule has 0 atom stereocenters. The SMILES string of the molecule is O=c1cc(Sc2ccccc2)cc2n1CCCC2. The van der Waals surface area contributed by atoms with E-state index in [-0.39, 0.29) is 5.56 Å². The van der Waals surface area contributed by atoms with E-state index in [1.807, 2.05) is 22.8 Å². The minimum absolute atomic E-state index is 0.144. The molecule has 92 valence electrons. The Kier molecular flexibility index (Phi) is 3.24. The first-order valence-electron chi connectivity index (χ1n) is 6.29. The molecule has 1 aromatic carbocycles. The Morgan fingerprint density at radius 1 is 1.00 bits per heavy atom. The van der Waals surface area contributed by atoms with E-state index >= 15 is 0 Å². The smallest absolute Gasteiger partial charge is 0.251 e. The van der Waals surface area contributed by atoms with E-state index in [0.717, 1.165) is 24.3 Å². The summed E-state index contributed by atoms with van der Waals surface area (Å²) in [7, 11) is 0. The number of rotatable bonds is 2. The van der Waals surface area contributed by atoms with Gasteiger partial charge in [0.05, 0.1) is 0 Å². The van der Waals surface area contributed by atoms with Crippen molar-refractivity contribution in [3.8, 4) is 0 Å². The van der Waals surface area contributed by atoms with Gasteiger partial charge in [0.1, 0.15) is 0 Å². The molecule has 0 fully saturated rings. The maximum absolute atomic E-state index is 12.0. The fourth-order valence-corrected chi connectivity index (χ4v) is 3.27. The maximum atomic E-state index is 12.0. The van der Waals surface area contributed by atoms with Crippen LogP contribution in [0, 0.1) is 0 Å². The van der Waals surface area contributed by atoms with Gasteiger partial charge >= 0.3 is 0 Å². The molecule has 0 bridgehead atoms. The standard InChI is InChI=1S/C15H15NOS/c17-15-11-14(18-13-7-2-1-3-8-13)10-12-6-4-5-9-16(12)15/h1-3,7-8,10-11H,4-6,9H2. The minimum Gasteiger partial charge on any atom is -0.313 e. The monoisotopic (exact) mass is 257 g/mol. The van der Waals surface area contributed by atoms with Crippen molar-refractivity contribution in [2.75, 3.05) is 0 Å². The van der Waals surface area contributed by atoms with Crippen molar-refractivity contribution in [2.45, 2.75) is 35.6 Å². The highest BCUT2D eigenvalue weighted by Gasteiger charge is 2.11. The van der Waals surface area contributed by atoms with E-state index < -0.39 is 0 Å². The van der Waals surface area contributed by atoms with Crippen LogP contribution in [-0.2, 0) is 13.0 Å². The van der Waals surface area contributed by atoms with Crippen LogP contribution in [0.3, 0.4) is 0 Å². The lowest BCUT2D eigenvalue weighted by Crippen LogP contribution is -2.26. The molecule has 2 heterocycles. The number of hydrogen-bond acceptors (Lipinski definition) is 2. The predicted octanol–water partition coefficient (Wildman–Crippen LogP) is 3.34. The molecule has 2 nitrogen and oxygen atoms in total. The maximum Gasteiger partial charge on any atom is 0.251 e. The van der Waals surface area contributed by atoms with Crippen molar-refractivity contribution in [2.24, 2.45) is 0 Å². The number of aryl methyl sites for hydroxylation is 1. The second kappa shape index (κ2) is 5.02. The number of pyridine rings is 1. The van der Waals surface area contributed by atoms with E-state index in [2.05, 4.69) is 18.2 Å². The summed E-state index contributed by atoms with van der Waals surface area (Å²) >= 11 is 1.66. The first-order valence-corrected chi connectivity index (χ1v) is 7.11. The van der Waals surface area contributed by atoms with E-state index in [4.69, 9.17) is 0 Å². The van der Waals surface area contributed by atoms with Gasteiger partial charge in [-0.15, -0.1) is 0 Å². The van der Waals surface area contributed by atoms with Crippen molar-refractivity contribution < 1.29 is 0 Å². The lowest BCUT2D eigenvalue weighted by Gasteiger charge is -2.18. The molecule has 0 saturated heterocycles. The van der Waals surface area contributed by atoms with Crippen molar-refractivity contribution in [3.63, 3.8) is 0 Å². The van der Waals surface area contributed by atoms with Crippen LogP contribution in [0.25, 0.3) is 0 Å². The average Bonchev–Trinajstić information content (AvgIpc) is 2.40. The number of benzene rings is 1. The summed E-state index contributed by atoms with van der Waals surface area (Å²) in [6.45, 7) is 0.879. The zero-order chi connectivity index (χ0) is 12.4. The second-order valence-electron chi connectivity index (χ2n) is 4.54. The first kappa shape index (κ1) is 11.6. The number of aromatic nitrogens is 1. The molecule has 0 aliphatic carbocycles. The Labute approximate surface area is 111 Å². The molecule has 0 radical (unpaired) electrons. The van der Waals surface area contributed by atoms with Crippen molar-refractivity contribution >= 4 is 11.8 Å². The summed E-state index contributed by atoms with van der Waals surface area (Å²) < 4.78 is 1.92. The molecule has 0 N–H and O–H groups in total. The Hall–Kier alpha value is -1.48. The second-order valence-corrected chi connectivity index (χ2v) is 5.69. The minimum atomic E-state index is 0.144. The molecule has 3 rings (SSSR count). The molecule has 0 amide bonds. The van der Waals surface area contributed by atoms with E-state index in [1.165, 1.54) is 17.0 Å². The topological polar surface area (TPSA) is 22.0 Å². The third-order valence-corrected chi connectivity index (χ3v) is 4.21. The highest BCUT2D eigenvalue weighted by molar-refractivity contribution is 7.99. The number of fused-ring (bicyclic) bond motifs is 1. The molecule has 1 aliphatic heterocycles. The lowest BCUT2D eigenvalue weighted by atomic mass is 10.1. The van der Waals surface area contributed by atoms with Crippen molar-refractivity contribution in [1.82, 2.24) is 4.57 Å². The van der Waals surface area contributed by atoms with E-state index in [9.17, 15) is 4.79 Å². The molecule has 1 aliphatic rings.